The molecule has 2 rings (SSSR count). The normalized spacial score (nSPS) is 13.4. The molecule has 1 fully saturated rings. The molecule has 0 aromatic heterocycles. The Labute approximate surface area is 107 Å². The fourth-order valence-electron chi connectivity index (χ4n) is 1.59. The van der Waals surface area contributed by atoms with E-state index >= 15 is 0 Å². The minimum atomic E-state index is -0.0593. The standard InChI is InChI=1S/C14H16N2O2/c1-18-13-7-4-11(9-10(13)3-2-8-15)14(17)16-12-5-6-12/h4,7,9,12H,5-6,8,15H2,1H3,(H,16,17). The van der Waals surface area contributed by atoms with E-state index in [1.54, 1.807) is 25.3 Å². The Morgan fingerprint density at radius 3 is 2.94 bits per heavy atom. The van der Waals surface area contributed by atoms with Crippen LogP contribution in [0.15, 0.2) is 18.2 Å². The summed E-state index contributed by atoms with van der Waals surface area (Å²) < 4.78 is 5.20. The molecular weight excluding hydrogens is 228 g/mol. The van der Waals surface area contributed by atoms with Gasteiger partial charge in [0.25, 0.3) is 5.91 Å². The molecule has 0 bridgehead atoms. The van der Waals surface area contributed by atoms with Crippen molar-refractivity contribution in [2.75, 3.05) is 13.7 Å². The third-order valence-electron chi connectivity index (χ3n) is 2.70. The Morgan fingerprint density at radius 1 is 1.56 bits per heavy atom. The maximum absolute atomic E-state index is 11.9. The van der Waals surface area contributed by atoms with Crippen molar-refractivity contribution in [2.45, 2.75) is 18.9 Å². The Balaban J connectivity index is 2.23. The van der Waals surface area contributed by atoms with E-state index in [2.05, 4.69) is 17.2 Å². The SMILES string of the molecule is COc1ccc(C(=O)NC2CC2)cc1C#CCN. The molecule has 1 saturated carbocycles. The first kappa shape index (κ1) is 12.5. The van der Waals surface area contributed by atoms with Crippen LogP contribution in [-0.4, -0.2) is 25.6 Å². The maximum atomic E-state index is 11.9. The molecule has 0 heterocycles. The molecule has 18 heavy (non-hydrogen) atoms. The molecule has 4 heteroatoms. The van der Waals surface area contributed by atoms with Crippen molar-refractivity contribution >= 4 is 5.91 Å². The van der Waals surface area contributed by atoms with Gasteiger partial charge in [0.1, 0.15) is 5.75 Å². The second-order valence-electron chi connectivity index (χ2n) is 4.17. The predicted molar refractivity (Wildman–Crippen MR) is 69.4 cm³/mol. The zero-order chi connectivity index (χ0) is 13.0. The van der Waals surface area contributed by atoms with E-state index in [0.29, 0.717) is 22.9 Å². The Bertz CT molecular complexity index is 510. The molecule has 1 aliphatic rings. The van der Waals surface area contributed by atoms with Crippen LogP contribution in [0.4, 0.5) is 0 Å². The van der Waals surface area contributed by atoms with Crippen LogP contribution in [0.1, 0.15) is 28.8 Å². The van der Waals surface area contributed by atoms with Gasteiger partial charge in [0, 0.05) is 11.6 Å². The molecule has 0 aliphatic heterocycles. The van der Waals surface area contributed by atoms with Crippen molar-refractivity contribution in [1.29, 1.82) is 0 Å². The van der Waals surface area contributed by atoms with Crippen molar-refractivity contribution in [1.82, 2.24) is 5.32 Å². The summed E-state index contributed by atoms with van der Waals surface area (Å²) in [6, 6.07) is 5.57. The molecule has 1 aromatic carbocycles. The summed E-state index contributed by atoms with van der Waals surface area (Å²) in [4.78, 5) is 11.9. The van der Waals surface area contributed by atoms with Crippen LogP contribution in [0.5, 0.6) is 5.75 Å². The van der Waals surface area contributed by atoms with E-state index in [-0.39, 0.29) is 12.5 Å². The van der Waals surface area contributed by atoms with Gasteiger partial charge in [0.05, 0.1) is 19.2 Å². The highest BCUT2D eigenvalue weighted by Crippen LogP contribution is 2.21. The van der Waals surface area contributed by atoms with Crippen molar-refractivity contribution in [2.24, 2.45) is 5.73 Å². The first-order chi connectivity index (χ1) is 8.74. The highest BCUT2D eigenvalue weighted by Gasteiger charge is 2.23. The lowest BCUT2D eigenvalue weighted by atomic mass is 10.1. The molecule has 3 N–H and O–H groups in total. The number of amides is 1. The van der Waals surface area contributed by atoms with E-state index in [1.165, 1.54) is 0 Å². The van der Waals surface area contributed by atoms with Gasteiger partial charge in [-0.1, -0.05) is 11.8 Å². The van der Waals surface area contributed by atoms with Crippen LogP contribution in [0.3, 0.4) is 0 Å². The number of nitrogens with two attached hydrogens (primary N) is 1. The monoisotopic (exact) mass is 244 g/mol. The molecule has 4 nitrogen and oxygen atoms in total. The number of nitrogens with one attached hydrogen (secondary N) is 1. The van der Waals surface area contributed by atoms with Gasteiger partial charge in [-0.05, 0) is 31.0 Å². The van der Waals surface area contributed by atoms with Crippen molar-refractivity contribution in [3.05, 3.63) is 29.3 Å². The summed E-state index contributed by atoms with van der Waals surface area (Å²) in [5.74, 6) is 6.27. The Kier molecular flexibility index (Phi) is 3.85. The fraction of sp³-hybridized carbons (Fsp3) is 0.357. The molecule has 94 valence electrons. The highest BCUT2D eigenvalue weighted by atomic mass is 16.5. The van der Waals surface area contributed by atoms with Gasteiger partial charge in [-0.2, -0.15) is 0 Å². The molecule has 1 aliphatic carbocycles. The van der Waals surface area contributed by atoms with Crippen molar-refractivity contribution in [3.63, 3.8) is 0 Å². The number of benzene rings is 1. The lowest BCUT2D eigenvalue weighted by Gasteiger charge is -2.07. The van der Waals surface area contributed by atoms with E-state index < -0.39 is 0 Å². The highest BCUT2D eigenvalue weighted by molar-refractivity contribution is 5.95. The van der Waals surface area contributed by atoms with Crippen molar-refractivity contribution < 1.29 is 9.53 Å². The van der Waals surface area contributed by atoms with Crippen LogP contribution >= 0.6 is 0 Å². The zero-order valence-electron chi connectivity index (χ0n) is 10.3. The van der Waals surface area contributed by atoms with Gasteiger partial charge >= 0.3 is 0 Å². The number of carbonyl (C=O) groups excluding carboxylic acids is 1. The summed E-state index contributed by atoms with van der Waals surface area (Å²) in [5.41, 5.74) is 6.63. The quantitative estimate of drug-likeness (QED) is 0.776. The Hall–Kier alpha value is -1.99. The van der Waals surface area contributed by atoms with E-state index in [1.807, 2.05) is 0 Å². The molecule has 1 aromatic rings. The minimum absolute atomic E-state index is 0.0593. The minimum Gasteiger partial charge on any atom is -0.495 e. The number of rotatable bonds is 3. The maximum Gasteiger partial charge on any atom is 0.251 e. The summed E-state index contributed by atoms with van der Waals surface area (Å²) in [6.45, 7) is 0.279. The van der Waals surface area contributed by atoms with Crippen LogP contribution in [-0.2, 0) is 0 Å². The molecule has 0 atom stereocenters. The summed E-state index contributed by atoms with van der Waals surface area (Å²) in [6.07, 6.45) is 2.14. The van der Waals surface area contributed by atoms with Gasteiger partial charge in [-0.25, -0.2) is 0 Å². The number of methoxy groups -OCH3 is 1. The van der Waals surface area contributed by atoms with Gasteiger partial charge in [0.2, 0.25) is 0 Å². The van der Waals surface area contributed by atoms with Crippen LogP contribution < -0.4 is 15.8 Å². The third-order valence-corrected chi connectivity index (χ3v) is 2.70. The van der Waals surface area contributed by atoms with Crippen LogP contribution in [0, 0.1) is 11.8 Å². The summed E-state index contributed by atoms with van der Waals surface area (Å²) >= 11 is 0. The van der Waals surface area contributed by atoms with Gasteiger partial charge in [-0.15, -0.1) is 0 Å². The lowest BCUT2D eigenvalue weighted by molar-refractivity contribution is 0.0951. The molecule has 0 saturated heterocycles. The van der Waals surface area contributed by atoms with Crippen molar-refractivity contribution in [3.8, 4) is 17.6 Å². The largest absolute Gasteiger partial charge is 0.495 e. The smallest absolute Gasteiger partial charge is 0.251 e. The van der Waals surface area contributed by atoms with E-state index in [9.17, 15) is 4.79 Å². The number of hydrogen-bond donors (Lipinski definition) is 2. The number of hydrogen-bond acceptors (Lipinski definition) is 3. The number of ether oxygens (including phenoxy) is 1. The third kappa shape index (κ3) is 3.02. The predicted octanol–water partition coefficient (Wildman–Crippen LogP) is 0.898. The average Bonchev–Trinajstić information content (AvgIpc) is 3.19. The zero-order valence-corrected chi connectivity index (χ0v) is 10.3. The molecular formula is C14H16N2O2. The first-order valence-electron chi connectivity index (χ1n) is 5.92. The second-order valence-corrected chi connectivity index (χ2v) is 4.17. The van der Waals surface area contributed by atoms with Gasteiger partial charge in [0.15, 0.2) is 0 Å². The summed E-state index contributed by atoms with van der Waals surface area (Å²) in [7, 11) is 1.58. The topological polar surface area (TPSA) is 64.3 Å². The van der Waals surface area contributed by atoms with Crippen LogP contribution in [0.2, 0.25) is 0 Å². The molecule has 0 radical (unpaired) electrons. The molecule has 1 amide bonds. The average molecular weight is 244 g/mol. The second kappa shape index (κ2) is 5.56. The number of carbonyl (C=O) groups is 1. The Morgan fingerprint density at radius 2 is 2.33 bits per heavy atom. The van der Waals surface area contributed by atoms with Crippen LogP contribution in [0.25, 0.3) is 0 Å². The van der Waals surface area contributed by atoms with E-state index in [4.69, 9.17) is 10.5 Å². The summed E-state index contributed by atoms with van der Waals surface area (Å²) in [5, 5.41) is 2.94. The molecule has 0 unspecified atom stereocenters. The van der Waals surface area contributed by atoms with Gasteiger partial charge in [-0.3, -0.25) is 4.79 Å². The lowest BCUT2D eigenvalue weighted by Crippen LogP contribution is -2.25. The van der Waals surface area contributed by atoms with E-state index in [0.717, 1.165) is 12.8 Å². The fourth-order valence-corrected chi connectivity index (χ4v) is 1.59. The first-order valence-corrected chi connectivity index (χ1v) is 5.92. The molecule has 0 spiro atoms. The van der Waals surface area contributed by atoms with Gasteiger partial charge < -0.3 is 15.8 Å².